The summed E-state index contributed by atoms with van der Waals surface area (Å²) < 4.78 is 5.21. The van der Waals surface area contributed by atoms with Crippen LogP contribution in [0.1, 0.15) is 40.0 Å². The Labute approximate surface area is 103 Å². The molecule has 1 rings (SSSR count). The summed E-state index contributed by atoms with van der Waals surface area (Å²) in [5.74, 6) is -0.134. The number of nitrogens with one attached hydrogen (secondary N) is 1. The smallest absolute Gasteiger partial charge is 0.240 e. The minimum Gasteiger partial charge on any atom is -0.381 e. The molecule has 0 atom stereocenters. The molecule has 0 aliphatic carbocycles. The number of amides is 1. The summed E-state index contributed by atoms with van der Waals surface area (Å²) >= 11 is 0. The van der Waals surface area contributed by atoms with E-state index in [2.05, 4.69) is 32.2 Å². The topological polar surface area (TPSA) is 62.1 Å². The SMILES string of the molecule is CCC(C)(C)CNC(=O)C1(C#N)CCOCC1. The second-order valence-corrected chi connectivity index (χ2v) is 5.51. The largest absolute Gasteiger partial charge is 0.381 e. The maximum atomic E-state index is 12.1. The Kier molecular flexibility index (Phi) is 4.53. The van der Waals surface area contributed by atoms with Gasteiger partial charge in [-0.2, -0.15) is 5.26 Å². The molecule has 17 heavy (non-hydrogen) atoms. The molecule has 0 radical (unpaired) electrons. The molecule has 1 saturated heterocycles. The number of carbonyl (C=O) groups is 1. The molecular formula is C13H22N2O2. The van der Waals surface area contributed by atoms with Gasteiger partial charge in [-0.1, -0.05) is 20.8 Å². The molecule has 0 aromatic rings. The van der Waals surface area contributed by atoms with Crippen LogP contribution >= 0.6 is 0 Å². The summed E-state index contributed by atoms with van der Waals surface area (Å²) in [6.45, 7) is 7.93. The van der Waals surface area contributed by atoms with E-state index in [0.717, 1.165) is 6.42 Å². The minimum absolute atomic E-state index is 0.0808. The zero-order valence-corrected chi connectivity index (χ0v) is 11.0. The molecule has 0 unspecified atom stereocenters. The fraction of sp³-hybridized carbons (Fsp3) is 0.846. The highest BCUT2D eigenvalue weighted by Crippen LogP contribution is 2.30. The Morgan fingerprint density at radius 3 is 2.53 bits per heavy atom. The quantitative estimate of drug-likeness (QED) is 0.813. The van der Waals surface area contributed by atoms with Crippen molar-refractivity contribution in [3.05, 3.63) is 0 Å². The fourth-order valence-electron chi connectivity index (χ4n) is 1.72. The molecule has 4 heteroatoms. The summed E-state index contributed by atoms with van der Waals surface area (Å²) in [6.07, 6.45) is 2.00. The molecular weight excluding hydrogens is 216 g/mol. The normalized spacial score (nSPS) is 19.4. The second-order valence-electron chi connectivity index (χ2n) is 5.51. The van der Waals surface area contributed by atoms with E-state index in [4.69, 9.17) is 4.74 Å². The average Bonchev–Trinajstić information content (AvgIpc) is 2.37. The van der Waals surface area contributed by atoms with Gasteiger partial charge in [0.2, 0.25) is 5.91 Å². The Morgan fingerprint density at radius 1 is 1.47 bits per heavy atom. The van der Waals surface area contributed by atoms with Crippen LogP contribution in [0, 0.1) is 22.2 Å². The van der Waals surface area contributed by atoms with Crippen molar-refractivity contribution in [2.24, 2.45) is 10.8 Å². The summed E-state index contributed by atoms with van der Waals surface area (Å²) in [5.41, 5.74) is -0.792. The highest BCUT2D eigenvalue weighted by Gasteiger charge is 2.40. The van der Waals surface area contributed by atoms with E-state index >= 15 is 0 Å². The molecule has 1 heterocycles. The van der Waals surface area contributed by atoms with E-state index in [9.17, 15) is 10.1 Å². The fourth-order valence-corrected chi connectivity index (χ4v) is 1.72. The Hall–Kier alpha value is -1.08. The third kappa shape index (κ3) is 3.44. The van der Waals surface area contributed by atoms with Gasteiger partial charge in [0, 0.05) is 19.8 Å². The van der Waals surface area contributed by atoms with E-state index in [-0.39, 0.29) is 11.3 Å². The number of nitriles is 1. The van der Waals surface area contributed by atoms with Crippen molar-refractivity contribution in [1.82, 2.24) is 5.32 Å². The van der Waals surface area contributed by atoms with Crippen molar-refractivity contribution in [2.45, 2.75) is 40.0 Å². The molecule has 1 aliphatic heterocycles. The van der Waals surface area contributed by atoms with E-state index in [0.29, 0.717) is 32.6 Å². The standard InChI is InChI=1S/C13H22N2O2/c1-4-12(2,3)10-15-11(16)13(9-14)5-7-17-8-6-13/h4-8,10H2,1-3H3,(H,15,16). The van der Waals surface area contributed by atoms with Gasteiger partial charge < -0.3 is 10.1 Å². The van der Waals surface area contributed by atoms with Gasteiger partial charge in [0.25, 0.3) is 0 Å². The molecule has 1 N–H and O–H groups in total. The maximum Gasteiger partial charge on any atom is 0.240 e. The highest BCUT2D eigenvalue weighted by molar-refractivity contribution is 5.85. The second kappa shape index (κ2) is 5.50. The van der Waals surface area contributed by atoms with Crippen LogP contribution in [0.3, 0.4) is 0 Å². The Balaban J connectivity index is 2.59. The predicted molar refractivity (Wildman–Crippen MR) is 65.2 cm³/mol. The van der Waals surface area contributed by atoms with E-state index in [1.807, 2.05) is 0 Å². The van der Waals surface area contributed by atoms with Gasteiger partial charge in [-0.25, -0.2) is 0 Å². The zero-order chi connectivity index (χ0) is 12.9. The summed E-state index contributed by atoms with van der Waals surface area (Å²) in [4.78, 5) is 12.1. The van der Waals surface area contributed by atoms with Gasteiger partial charge in [0.1, 0.15) is 5.41 Å². The number of ether oxygens (including phenoxy) is 1. The van der Waals surface area contributed by atoms with Crippen LogP contribution in [0.5, 0.6) is 0 Å². The molecule has 0 spiro atoms. The highest BCUT2D eigenvalue weighted by atomic mass is 16.5. The third-order valence-corrected chi connectivity index (χ3v) is 3.68. The number of hydrogen-bond acceptors (Lipinski definition) is 3. The Bertz CT molecular complexity index is 312. The van der Waals surface area contributed by atoms with Crippen LogP contribution in [0.4, 0.5) is 0 Å². The lowest BCUT2D eigenvalue weighted by molar-refractivity contribution is -0.132. The maximum absolute atomic E-state index is 12.1. The van der Waals surface area contributed by atoms with Crippen molar-refractivity contribution < 1.29 is 9.53 Å². The summed E-state index contributed by atoms with van der Waals surface area (Å²) in [5, 5.41) is 12.2. The lowest BCUT2D eigenvalue weighted by Crippen LogP contribution is -2.46. The van der Waals surface area contributed by atoms with Gasteiger partial charge >= 0.3 is 0 Å². The van der Waals surface area contributed by atoms with Gasteiger partial charge in [0.05, 0.1) is 6.07 Å². The first-order valence-electron chi connectivity index (χ1n) is 6.23. The molecule has 0 aromatic heterocycles. The third-order valence-electron chi connectivity index (χ3n) is 3.68. The number of rotatable bonds is 4. The molecule has 0 saturated carbocycles. The van der Waals surface area contributed by atoms with Gasteiger partial charge in [-0.15, -0.1) is 0 Å². The number of nitrogens with zero attached hydrogens (tertiary/aromatic N) is 1. The summed E-state index contributed by atoms with van der Waals surface area (Å²) in [7, 11) is 0. The number of carbonyl (C=O) groups excluding carboxylic acids is 1. The van der Waals surface area contributed by atoms with Gasteiger partial charge in [-0.3, -0.25) is 4.79 Å². The lowest BCUT2D eigenvalue weighted by Gasteiger charge is -2.31. The molecule has 0 aromatic carbocycles. The van der Waals surface area contributed by atoms with Crippen LogP contribution in [-0.2, 0) is 9.53 Å². The van der Waals surface area contributed by atoms with Crippen LogP contribution in [0.25, 0.3) is 0 Å². The van der Waals surface area contributed by atoms with Crippen LogP contribution in [0.15, 0.2) is 0 Å². The number of hydrogen-bond donors (Lipinski definition) is 1. The first-order chi connectivity index (χ1) is 7.96. The predicted octanol–water partition coefficient (Wildman–Crippen LogP) is 1.86. The molecule has 1 fully saturated rings. The first-order valence-corrected chi connectivity index (χ1v) is 6.23. The molecule has 96 valence electrons. The molecule has 1 amide bonds. The van der Waals surface area contributed by atoms with Gasteiger partial charge in [0.15, 0.2) is 0 Å². The lowest BCUT2D eigenvalue weighted by atomic mass is 9.80. The first kappa shape index (κ1) is 14.0. The van der Waals surface area contributed by atoms with Crippen molar-refractivity contribution in [2.75, 3.05) is 19.8 Å². The van der Waals surface area contributed by atoms with E-state index < -0.39 is 5.41 Å². The molecule has 0 bridgehead atoms. The van der Waals surface area contributed by atoms with E-state index in [1.54, 1.807) is 0 Å². The van der Waals surface area contributed by atoms with Crippen molar-refractivity contribution >= 4 is 5.91 Å². The zero-order valence-electron chi connectivity index (χ0n) is 11.0. The van der Waals surface area contributed by atoms with Crippen molar-refractivity contribution in [3.8, 4) is 6.07 Å². The van der Waals surface area contributed by atoms with Crippen molar-refractivity contribution in [1.29, 1.82) is 5.26 Å². The van der Waals surface area contributed by atoms with Gasteiger partial charge in [-0.05, 0) is 24.7 Å². The summed E-state index contributed by atoms with van der Waals surface area (Å²) in [6, 6.07) is 2.18. The van der Waals surface area contributed by atoms with Crippen LogP contribution < -0.4 is 5.32 Å². The monoisotopic (exact) mass is 238 g/mol. The molecule has 1 aliphatic rings. The van der Waals surface area contributed by atoms with E-state index in [1.165, 1.54) is 0 Å². The Morgan fingerprint density at radius 2 is 2.06 bits per heavy atom. The van der Waals surface area contributed by atoms with Crippen LogP contribution in [0.2, 0.25) is 0 Å². The average molecular weight is 238 g/mol. The van der Waals surface area contributed by atoms with Crippen molar-refractivity contribution in [3.63, 3.8) is 0 Å². The van der Waals surface area contributed by atoms with Crippen LogP contribution in [-0.4, -0.2) is 25.7 Å². The molecule has 4 nitrogen and oxygen atoms in total. The minimum atomic E-state index is -0.873.